The minimum absolute atomic E-state index is 0.272. The van der Waals surface area contributed by atoms with Crippen LogP contribution < -0.4 is 11.1 Å². The van der Waals surface area contributed by atoms with E-state index in [2.05, 4.69) is 0 Å². The Bertz CT molecular complexity index is 554. The van der Waals surface area contributed by atoms with Crippen molar-refractivity contribution in [3.05, 3.63) is 35.1 Å². The van der Waals surface area contributed by atoms with Gasteiger partial charge in [-0.2, -0.15) is 0 Å². The number of nitrogens with two attached hydrogens (primary N) is 1. The summed E-state index contributed by atoms with van der Waals surface area (Å²) in [7, 11) is 0. The molecule has 0 aliphatic rings. The van der Waals surface area contributed by atoms with E-state index in [9.17, 15) is 27.6 Å². The summed E-state index contributed by atoms with van der Waals surface area (Å²) >= 11 is 0. The van der Waals surface area contributed by atoms with E-state index < -0.39 is 53.3 Å². The van der Waals surface area contributed by atoms with Gasteiger partial charge in [0.1, 0.15) is 29.1 Å². The maximum absolute atomic E-state index is 13.3. The van der Waals surface area contributed by atoms with Crippen molar-refractivity contribution in [1.82, 2.24) is 5.32 Å². The van der Waals surface area contributed by atoms with Gasteiger partial charge in [0.25, 0.3) is 5.91 Å². The van der Waals surface area contributed by atoms with Crippen molar-refractivity contribution in [2.45, 2.75) is 12.5 Å². The zero-order valence-electron chi connectivity index (χ0n) is 9.82. The molecule has 1 aromatic carbocycles. The zero-order chi connectivity index (χ0) is 15.4. The number of nitrogens with one attached hydrogen (secondary N) is 1. The van der Waals surface area contributed by atoms with Crippen LogP contribution in [0.1, 0.15) is 16.8 Å². The molecule has 0 aromatic heterocycles. The van der Waals surface area contributed by atoms with Crippen LogP contribution in [-0.4, -0.2) is 28.9 Å². The molecule has 1 atom stereocenters. The lowest BCUT2D eigenvalue weighted by Crippen LogP contribution is -2.46. The SMILES string of the molecule is NC(=O)[C@H](CC(=O)O)NC(=O)c1c(F)cc(F)cc1F. The minimum atomic E-state index is -1.65. The lowest BCUT2D eigenvalue weighted by molar-refractivity contribution is -0.139. The average molecular weight is 290 g/mol. The van der Waals surface area contributed by atoms with Crippen LogP contribution in [0.3, 0.4) is 0 Å². The Hall–Kier alpha value is -2.58. The fourth-order valence-corrected chi connectivity index (χ4v) is 1.39. The molecule has 108 valence electrons. The van der Waals surface area contributed by atoms with Crippen molar-refractivity contribution in [2.75, 3.05) is 0 Å². The predicted molar refractivity (Wildman–Crippen MR) is 59.0 cm³/mol. The van der Waals surface area contributed by atoms with E-state index in [1.165, 1.54) is 0 Å². The average Bonchev–Trinajstić information content (AvgIpc) is 2.25. The third-order valence-electron chi connectivity index (χ3n) is 2.26. The molecule has 0 aliphatic carbocycles. The maximum atomic E-state index is 13.3. The third kappa shape index (κ3) is 3.70. The molecule has 0 radical (unpaired) electrons. The van der Waals surface area contributed by atoms with E-state index in [0.29, 0.717) is 0 Å². The Labute approximate surface area is 110 Å². The second-order valence-corrected chi connectivity index (χ2v) is 3.77. The van der Waals surface area contributed by atoms with Crippen molar-refractivity contribution in [2.24, 2.45) is 5.73 Å². The van der Waals surface area contributed by atoms with Crippen molar-refractivity contribution < 1.29 is 32.7 Å². The molecule has 4 N–H and O–H groups in total. The molecule has 1 aromatic rings. The van der Waals surface area contributed by atoms with Crippen LogP contribution >= 0.6 is 0 Å². The number of primary amides is 1. The van der Waals surface area contributed by atoms with Crippen LogP contribution in [0.4, 0.5) is 13.2 Å². The predicted octanol–water partition coefficient (Wildman–Crippen LogP) is 0.162. The second kappa shape index (κ2) is 6.04. The molecule has 20 heavy (non-hydrogen) atoms. The molecule has 0 unspecified atom stereocenters. The van der Waals surface area contributed by atoms with Crippen molar-refractivity contribution in [3.8, 4) is 0 Å². The number of halogens is 3. The normalized spacial score (nSPS) is 11.8. The summed E-state index contributed by atoms with van der Waals surface area (Å²) in [6.45, 7) is 0. The summed E-state index contributed by atoms with van der Waals surface area (Å²) in [5.74, 6) is -8.26. The number of hydrogen-bond donors (Lipinski definition) is 3. The summed E-state index contributed by atoms with van der Waals surface area (Å²) in [5, 5.41) is 10.3. The van der Waals surface area contributed by atoms with Gasteiger partial charge in [-0.15, -0.1) is 0 Å². The van der Waals surface area contributed by atoms with Gasteiger partial charge in [-0.05, 0) is 0 Å². The molecular weight excluding hydrogens is 281 g/mol. The Morgan fingerprint density at radius 1 is 1.20 bits per heavy atom. The number of carboxylic acids is 1. The van der Waals surface area contributed by atoms with Crippen LogP contribution in [0.5, 0.6) is 0 Å². The smallest absolute Gasteiger partial charge is 0.305 e. The fraction of sp³-hybridized carbons (Fsp3) is 0.182. The molecular formula is C11H9F3N2O4. The van der Waals surface area contributed by atoms with E-state index in [0.717, 1.165) is 0 Å². The van der Waals surface area contributed by atoms with Crippen LogP contribution in [0, 0.1) is 17.5 Å². The van der Waals surface area contributed by atoms with Gasteiger partial charge in [-0.25, -0.2) is 13.2 Å². The number of amides is 2. The highest BCUT2D eigenvalue weighted by molar-refractivity contribution is 5.98. The third-order valence-corrected chi connectivity index (χ3v) is 2.26. The Morgan fingerprint density at radius 3 is 2.10 bits per heavy atom. The molecule has 0 aliphatic heterocycles. The fourth-order valence-electron chi connectivity index (χ4n) is 1.39. The van der Waals surface area contributed by atoms with Crippen molar-refractivity contribution in [1.29, 1.82) is 0 Å². The van der Waals surface area contributed by atoms with E-state index >= 15 is 0 Å². The highest BCUT2D eigenvalue weighted by Gasteiger charge is 2.25. The Kier molecular flexibility index (Phi) is 4.68. The molecule has 2 amide bonds. The second-order valence-electron chi connectivity index (χ2n) is 3.77. The molecule has 0 saturated carbocycles. The van der Waals surface area contributed by atoms with E-state index in [4.69, 9.17) is 10.8 Å². The lowest BCUT2D eigenvalue weighted by atomic mass is 10.1. The van der Waals surface area contributed by atoms with Gasteiger partial charge in [0.05, 0.1) is 6.42 Å². The number of carbonyl (C=O) groups excluding carboxylic acids is 2. The quantitative estimate of drug-likeness (QED) is 0.717. The Morgan fingerprint density at radius 2 is 1.70 bits per heavy atom. The van der Waals surface area contributed by atoms with Crippen LogP contribution in [0.15, 0.2) is 12.1 Å². The number of aliphatic carboxylic acids is 1. The minimum Gasteiger partial charge on any atom is -0.481 e. The number of carbonyl (C=O) groups is 3. The van der Waals surface area contributed by atoms with Crippen LogP contribution in [-0.2, 0) is 9.59 Å². The summed E-state index contributed by atoms with van der Waals surface area (Å²) in [5.41, 5.74) is 3.71. The number of rotatable bonds is 5. The maximum Gasteiger partial charge on any atom is 0.305 e. The topological polar surface area (TPSA) is 109 Å². The van der Waals surface area contributed by atoms with Gasteiger partial charge in [0.2, 0.25) is 5.91 Å². The van der Waals surface area contributed by atoms with Crippen molar-refractivity contribution in [3.63, 3.8) is 0 Å². The monoisotopic (exact) mass is 290 g/mol. The molecule has 1 rings (SSSR count). The summed E-state index contributed by atoms with van der Waals surface area (Å²) < 4.78 is 39.3. The summed E-state index contributed by atoms with van der Waals surface area (Å²) in [4.78, 5) is 33.0. The number of carboxylic acid groups (broad SMARTS) is 1. The van der Waals surface area contributed by atoms with Gasteiger partial charge < -0.3 is 16.2 Å². The van der Waals surface area contributed by atoms with Gasteiger partial charge >= 0.3 is 5.97 Å². The van der Waals surface area contributed by atoms with Gasteiger partial charge in [0, 0.05) is 12.1 Å². The summed E-state index contributed by atoms with van der Waals surface area (Å²) in [6, 6.07) is -1.10. The Balaban J connectivity index is 3.01. The first-order valence-electron chi connectivity index (χ1n) is 5.19. The van der Waals surface area contributed by atoms with Gasteiger partial charge in [-0.1, -0.05) is 0 Å². The highest BCUT2D eigenvalue weighted by atomic mass is 19.1. The highest BCUT2D eigenvalue weighted by Crippen LogP contribution is 2.15. The molecule has 0 heterocycles. The molecule has 0 spiro atoms. The van der Waals surface area contributed by atoms with Crippen LogP contribution in [0.2, 0.25) is 0 Å². The van der Waals surface area contributed by atoms with Gasteiger partial charge in [0.15, 0.2) is 0 Å². The van der Waals surface area contributed by atoms with Crippen LogP contribution in [0.25, 0.3) is 0 Å². The first-order chi connectivity index (χ1) is 9.22. The molecule has 0 saturated heterocycles. The molecule has 9 heteroatoms. The first-order valence-corrected chi connectivity index (χ1v) is 5.19. The standard InChI is InChI=1S/C11H9F3N2O4/c12-4-1-5(13)9(6(14)2-4)11(20)16-7(10(15)19)3-8(17)18/h1-2,7H,3H2,(H2,15,19)(H,16,20)(H,17,18)/t7-/m0/s1. The molecule has 0 bridgehead atoms. The zero-order valence-corrected chi connectivity index (χ0v) is 9.82. The van der Waals surface area contributed by atoms with Gasteiger partial charge in [-0.3, -0.25) is 14.4 Å². The molecule has 6 nitrogen and oxygen atoms in total. The number of benzene rings is 1. The summed E-state index contributed by atoms with van der Waals surface area (Å²) in [6.07, 6.45) is -0.856. The van der Waals surface area contributed by atoms with E-state index in [-0.39, 0.29) is 12.1 Å². The first kappa shape index (κ1) is 15.5. The number of hydrogen-bond acceptors (Lipinski definition) is 3. The molecule has 0 fully saturated rings. The van der Waals surface area contributed by atoms with Crippen molar-refractivity contribution >= 4 is 17.8 Å². The lowest BCUT2D eigenvalue weighted by Gasteiger charge is -2.14. The van der Waals surface area contributed by atoms with E-state index in [1.807, 2.05) is 0 Å². The largest absolute Gasteiger partial charge is 0.481 e. The van der Waals surface area contributed by atoms with E-state index in [1.54, 1.807) is 5.32 Å².